The Kier molecular flexibility index (Phi) is 4.04. The third-order valence-corrected chi connectivity index (χ3v) is 6.62. The van der Waals surface area contributed by atoms with Crippen molar-refractivity contribution in [2.24, 2.45) is 0 Å². The Bertz CT molecular complexity index is 1420. The van der Waals surface area contributed by atoms with Crippen molar-refractivity contribution >= 4 is 38.8 Å². The molecule has 5 aromatic rings. The molecule has 0 saturated heterocycles. The normalized spacial score (nSPS) is 14.5. The molecule has 6 nitrogen and oxygen atoms in total. The number of fused-ring (bicyclic) bond motifs is 2. The van der Waals surface area contributed by atoms with Crippen LogP contribution in [0.2, 0.25) is 0 Å². The fourth-order valence-corrected chi connectivity index (χ4v) is 4.94. The first kappa shape index (κ1) is 17.6. The van der Waals surface area contributed by atoms with Crippen molar-refractivity contribution in [2.75, 3.05) is 13.1 Å². The number of aromatic nitrogens is 5. The Morgan fingerprint density at radius 1 is 1.10 bits per heavy atom. The maximum absolute atomic E-state index is 4.96. The topological polar surface area (TPSA) is 82.3 Å². The van der Waals surface area contributed by atoms with Crippen molar-refractivity contribution in [2.45, 2.75) is 13.3 Å². The SMILES string of the molecule is Cc1ccc(-c2cccc3[nH]c(-c4n[nH]c5cnc(C6=CCNCC6)cc45)nc23)s1. The van der Waals surface area contributed by atoms with Crippen LogP contribution in [0.4, 0.5) is 0 Å². The first-order valence-electron chi connectivity index (χ1n) is 10.1. The average Bonchev–Trinajstić information content (AvgIpc) is 3.51. The fraction of sp³-hybridized carbons (Fsp3) is 0.174. The minimum atomic E-state index is 0.772. The van der Waals surface area contributed by atoms with Gasteiger partial charge < -0.3 is 10.3 Å². The molecule has 7 heteroatoms. The van der Waals surface area contributed by atoms with E-state index < -0.39 is 0 Å². The lowest BCUT2D eigenvalue weighted by Crippen LogP contribution is -2.20. The molecule has 3 N–H and O–H groups in total. The van der Waals surface area contributed by atoms with Crippen LogP contribution in [-0.2, 0) is 0 Å². The van der Waals surface area contributed by atoms with E-state index in [2.05, 4.69) is 74.9 Å². The standard InChI is InChI=1S/C23H20N6S/c1-13-5-6-20(30-13)15-3-2-4-17-21(15)27-23(26-17)22-16-11-18(14-7-9-24-10-8-14)25-12-19(16)28-29-22/h2-7,11-12,24H,8-10H2,1H3,(H,26,27)(H,28,29). The van der Waals surface area contributed by atoms with Gasteiger partial charge in [0.05, 0.1) is 28.4 Å². The third kappa shape index (κ3) is 2.86. The number of nitrogens with one attached hydrogen (secondary N) is 3. The highest BCUT2D eigenvalue weighted by atomic mass is 32.1. The molecule has 1 aromatic carbocycles. The molecule has 0 atom stereocenters. The van der Waals surface area contributed by atoms with Crippen molar-refractivity contribution in [1.29, 1.82) is 0 Å². The molecule has 0 bridgehead atoms. The van der Waals surface area contributed by atoms with Gasteiger partial charge in [-0.25, -0.2) is 4.98 Å². The van der Waals surface area contributed by atoms with E-state index in [9.17, 15) is 0 Å². The molecule has 5 heterocycles. The van der Waals surface area contributed by atoms with Crippen LogP contribution in [0.5, 0.6) is 0 Å². The third-order valence-electron chi connectivity index (χ3n) is 5.58. The minimum Gasteiger partial charge on any atom is -0.337 e. The highest BCUT2D eigenvalue weighted by Gasteiger charge is 2.17. The summed E-state index contributed by atoms with van der Waals surface area (Å²) in [5, 5.41) is 12.1. The summed E-state index contributed by atoms with van der Waals surface area (Å²) < 4.78 is 0. The van der Waals surface area contributed by atoms with Crippen LogP contribution in [0.1, 0.15) is 17.0 Å². The molecule has 4 aromatic heterocycles. The second-order valence-corrected chi connectivity index (χ2v) is 8.86. The van der Waals surface area contributed by atoms with Gasteiger partial charge in [0.1, 0.15) is 5.69 Å². The van der Waals surface area contributed by atoms with E-state index >= 15 is 0 Å². The second kappa shape index (κ2) is 6.90. The molecule has 30 heavy (non-hydrogen) atoms. The Balaban J connectivity index is 1.49. The van der Waals surface area contributed by atoms with Gasteiger partial charge in [0, 0.05) is 27.2 Å². The van der Waals surface area contributed by atoms with Crippen molar-refractivity contribution in [1.82, 2.24) is 30.5 Å². The summed E-state index contributed by atoms with van der Waals surface area (Å²) in [6, 6.07) is 12.7. The molecule has 0 aliphatic carbocycles. The molecule has 0 amide bonds. The monoisotopic (exact) mass is 412 g/mol. The Hall–Kier alpha value is -3.29. The zero-order valence-corrected chi connectivity index (χ0v) is 17.3. The minimum absolute atomic E-state index is 0.772. The highest BCUT2D eigenvalue weighted by molar-refractivity contribution is 7.15. The molecule has 0 spiro atoms. The van der Waals surface area contributed by atoms with Crippen LogP contribution in [0.3, 0.4) is 0 Å². The molecule has 1 aliphatic rings. The zero-order chi connectivity index (χ0) is 20.1. The predicted octanol–water partition coefficient (Wildman–Crippen LogP) is 4.91. The van der Waals surface area contributed by atoms with E-state index in [1.54, 1.807) is 11.3 Å². The first-order valence-corrected chi connectivity index (χ1v) is 10.9. The van der Waals surface area contributed by atoms with Crippen molar-refractivity contribution in [3.8, 4) is 22.0 Å². The van der Waals surface area contributed by atoms with Crippen LogP contribution >= 0.6 is 11.3 Å². The molecule has 148 valence electrons. The maximum atomic E-state index is 4.96. The lowest BCUT2D eigenvalue weighted by atomic mass is 10.0. The number of pyridine rings is 1. The molecule has 6 rings (SSSR count). The van der Waals surface area contributed by atoms with Crippen LogP contribution in [0.15, 0.2) is 48.7 Å². The van der Waals surface area contributed by atoms with Gasteiger partial charge in [-0.15, -0.1) is 11.3 Å². The van der Waals surface area contributed by atoms with E-state index in [-0.39, 0.29) is 0 Å². The summed E-state index contributed by atoms with van der Waals surface area (Å²) in [7, 11) is 0. The first-order chi connectivity index (χ1) is 14.8. The van der Waals surface area contributed by atoms with Crippen LogP contribution in [0.25, 0.3) is 49.5 Å². The number of aryl methyl sites for hydroxylation is 1. The summed E-state index contributed by atoms with van der Waals surface area (Å²) >= 11 is 1.79. The van der Waals surface area contributed by atoms with Crippen LogP contribution < -0.4 is 5.32 Å². The molecule has 0 radical (unpaired) electrons. The lowest BCUT2D eigenvalue weighted by molar-refractivity contribution is 0.737. The maximum Gasteiger partial charge on any atom is 0.159 e. The number of hydrogen-bond donors (Lipinski definition) is 3. The predicted molar refractivity (Wildman–Crippen MR) is 122 cm³/mol. The summed E-state index contributed by atoms with van der Waals surface area (Å²) in [6.45, 7) is 4.00. The van der Waals surface area contributed by atoms with E-state index in [1.807, 2.05) is 6.20 Å². The molecular formula is C23H20N6S. The van der Waals surface area contributed by atoms with E-state index in [0.29, 0.717) is 0 Å². The molecule has 0 saturated carbocycles. The van der Waals surface area contributed by atoms with E-state index in [0.717, 1.165) is 64.2 Å². The summed E-state index contributed by atoms with van der Waals surface area (Å²) in [5.74, 6) is 0.772. The smallest absolute Gasteiger partial charge is 0.159 e. The van der Waals surface area contributed by atoms with Gasteiger partial charge in [0.25, 0.3) is 0 Å². The van der Waals surface area contributed by atoms with Crippen molar-refractivity contribution < 1.29 is 0 Å². The number of nitrogens with zero attached hydrogens (tertiary/aromatic N) is 3. The number of benzene rings is 1. The van der Waals surface area contributed by atoms with E-state index in [1.165, 1.54) is 15.3 Å². The number of para-hydroxylation sites is 1. The number of rotatable bonds is 3. The fourth-order valence-electron chi connectivity index (χ4n) is 4.05. The van der Waals surface area contributed by atoms with Gasteiger partial charge in [0.15, 0.2) is 5.82 Å². The second-order valence-electron chi connectivity index (χ2n) is 7.57. The highest BCUT2D eigenvalue weighted by Crippen LogP contribution is 2.35. The average molecular weight is 413 g/mol. The summed E-state index contributed by atoms with van der Waals surface area (Å²) in [5.41, 5.74) is 7.17. The molecular weight excluding hydrogens is 392 g/mol. The summed E-state index contributed by atoms with van der Waals surface area (Å²) in [6.07, 6.45) is 5.07. The molecule has 0 unspecified atom stereocenters. The van der Waals surface area contributed by atoms with Gasteiger partial charge in [0.2, 0.25) is 0 Å². The van der Waals surface area contributed by atoms with Gasteiger partial charge >= 0.3 is 0 Å². The number of thiophene rings is 1. The lowest BCUT2D eigenvalue weighted by Gasteiger charge is -2.13. The largest absolute Gasteiger partial charge is 0.337 e. The number of hydrogen-bond acceptors (Lipinski definition) is 5. The Morgan fingerprint density at radius 2 is 2.07 bits per heavy atom. The van der Waals surface area contributed by atoms with Crippen LogP contribution in [0, 0.1) is 6.92 Å². The van der Waals surface area contributed by atoms with Crippen molar-refractivity contribution in [3.05, 3.63) is 59.2 Å². The number of imidazole rings is 1. The van der Waals surface area contributed by atoms with E-state index in [4.69, 9.17) is 4.98 Å². The van der Waals surface area contributed by atoms with Gasteiger partial charge in [-0.2, -0.15) is 5.10 Å². The Morgan fingerprint density at radius 3 is 2.90 bits per heavy atom. The van der Waals surface area contributed by atoms with Gasteiger partial charge in [-0.05, 0) is 49.7 Å². The Labute approximate surface area is 177 Å². The zero-order valence-electron chi connectivity index (χ0n) is 16.5. The van der Waals surface area contributed by atoms with Crippen LogP contribution in [-0.4, -0.2) is 38.2 Å². The van der Waals surface area contributed by atoms with Gasteiger partial charge in [-0.1, -0.05) is 18.2 Å². The molecule has 1 aliphatic heterocycles. The summed E-state index contributed by atoms with van der Waals surface area (Å²) in [4.78, 5) is 15.6. The quantitative estimate of drug-likeness (QED) is 0.393. The van der Waals surface area contributed by atoms with Crippen molar-refractivity contribution in [3.63, 3.8) is 0 Å². The van der Waals surface area contributed by atoms with Gasteiger partial charge in [-0.3, -0.25) is 10.1 Å². The molecule has 0 fully saturated rings. The number of H-pyrrole nitrogens is 2. The number of aromatic amines is 2.